The van der Waals surface area contributed by atoms with Crippen molar-refractivity contribution >= 4 is 5.97 Å². The topological polar surface area (TPSA) is 59.4 Å². The largest absolute Gasteiger partial charge is 0.463 e. The van der Waals surface area contributed by atoms with Crippen molar-refractivity contribution in [2.45, 2.75) is 71.3 Å². The first-order valence-electron chi connectivity index (χ1n) is 14.5. The quantitative estimate of drug-likeness (QED) is 0.277. The van der Waals surface area contributed by atoms with Gasteiger partial charge in [0.15, 0.2) is 0 Å². The minimum absolute atomic E-state index is 0.241. The van der Waals surface area contributed by atoms with Gasteiger partial charge in [0.05, 0.1) is 30.0 Å². The molecular formula is C32H37F3N4O2. The van der Waals surface area contributed by atoms with Crippen LogP contribution in [-0.4, -0.2) is 40.1 Å². The Kier molecular flexibility index (Phi) is 9.12. The highest BCUT2D eigenvalue weighted by molar-refractivity contribution is 5.89. The molecule has 2 aromatic carbocycles. The number of alkyl halides is 3. The number of benzene rings is 2. The third kappa shape index (κ3) is 7.19. The summed E-state index contributed by atoms with van der Waals surface area (Å²) in [5.74, 6) is 0.654. The molecule has 218 valence electrons. The van der Waals surface area contributed by atoms with Crippen molar-refractivity contribution in [2.75, 3.05) is 19.7 Å². The number of carbonyl (C=O) groups is 1. The van der Waals surface area contributed by atoms with Crippen molar-refractivity contribution in [1.82, 2.24) is 19.8 Å². The number of halogens is 3. The van der Waals surface area contributed by atoms with Crippen molar-refractivity contribution in [3.63, 3.8) is 0 Å². The number of esters is 1. The molecule has 0 unspecified atom stereocenters. The lowest BCUT2D eigenvalue weighted by Crippen LogP contribution is -2.30. The zero-order valence-electron chi connectivity index (χ0n) is 23.5. The molecule has 9 heteroatoms. The molecular weight excluding hydrogens is 529 g/mol. The van der Waals surface area contributed by atoms with Crippen LogP contribution in [-0.2, 0) is 35.3 Å². The van der Waals surface area contributed by atoms with Crippen LogP contribution >= 0.6 is 0 Å². The zero-order valence-corrected chi connectivity index (χ0v) is 23.5. The molecule has 6 nitrogen and oxygen atoms in total. The smallest absolute Gasteiger partial charge is 0.416 e. The molecule has 0 atom stereocenters. The highest BCUT2D eigenvalue weighted by atomic mass is 19.4. The van der Waals surface area contributed by atoms with E-state index in [1.54, 1.807) is 0 Å². The molecule has 3 aromatic rings. The summed E-state index contributed by atoms with van der Waals surface area (Å²) in [6, 6.07) is 13.2. The summed E-state index contributed by atoms with van der Waals surface area (Å²) in [5.41, 5.74) is 4.85. The predicted molar refractivity (Wildman–Crippen MR) is 152 cm³/mol. The van der Waals surface area contributed by atoms with E-state index in [1.807, 2.05) is 37.4 Å². The van der Waals surface area contributed by atoms with Crippen LogP contribution in [0.2, 0.25) is 0 Å². The van der Waals surface area contributed by atoms with Crippen LogP contribution in [0.4, 0.5) is 13.2 Å². The van der Waals surface area contributed by atoms with Gasteiger partial charge in [0, 0.05) is 25.0 Å². The van der Waals surface area contributed by atoms with Crippen molar-refractivity contribution in [3.8, 4) is 11.1 Å². The Morgan fingerprint density at radius 1 is 0.927 bits per heavy atom. The van der Waals surface area contributed by atoms with E-state index >= 15 is 0 Å². The van der Waals surface area contributed by atoms with Crippen molar-refractivity contribution < 1.29 is 22.7 Å². The molecule has 41 heavy (non-hydrogen) atoms. The number of nitrogens with one attached hydrogen (secondary N) is 1. The van der Waals surface area contributed by atoms with Crippen LogP contribution < -0.4 is 5.32 Å². The molecule has 1 aliphatic carbocycles. The molecule has 0 spiro atoms. The maximum absolute atomic E-state index is 13.0. The minimum atomic E-state index is -4.35. The van der Waals surface area contributed by atoms with Gasteiger partial charge in [-0.3, -0.25) is 4.90 Å². The van der Waals surface area contributed by atoms with Gasteiger partial charge in [0.25, 0.3) is 0 Å². The second kappa shape index (κ2) is 12.9. The van der Waals surface area contributed by atoms with Crippen LogP contribution in [0.15, 0.2) is 66.0 Å². The summed E-state index contributed by atoms with van der Waals surface area (Å²) < 4.78 is 46.4. The number of imidazole rings is 1. The summed E-state index contributed by atoms with van der Waals surface area (Å²) in [4.78, 5) is 19.6. The Morgan fingerprint density at radius 3 is 2.27 bits per heavy atom. The van der Waals surface area contributed by atoms with Crippen molar-refractivity contribution in [1.29, 1.82) is 0 Å². The van der Waals surface area contributed by atoms with E-state index in [1.165, 1.54) is 31.4 Å². The van der Waals surface area contributed by atoms with Crippen LogP contribution in [0.5, 0.6) is 0 Å². The van der Waals surface area contributed by atoms with Crippen molar-refractivity contribution in [2.24, 2.45) is 0 Å². The molecule has 2 heterocycles. The second-order valence-electron chi connectivity index (χ2n) is 10.7. The summed E-state index contributed by atoms with van der Waals surface area (Å²) in [6.07, 6.45) is 3.77. The lowest BCUT2D eigenvalue weighted by molar-refractivity contribution is -0.139. The fraction of sp³-hybridized carbons (Fsp3) is 0.438. The van der Waals surface area contributed by atoms with E-state index in [2.05, 4.69) is 14.8 Å². The number of nitrogens with zero attached hydrogens (tertiary/aromatic N) is 3. The SMILES string of the molecule is CCOC(=O)C1=C(NCc2ncc(CN3CCCCC3)n2Cc2ccc(-c3ccc(C(F)(F)F)cc3)cc2)CCC1. The Labute approximate surface area is 239 Å². The Morgan fingerprint density at radius 2 is 1.61 bits per heavy atom. The standard InChI is InChI=1S/C32H37F3N4O2/c1-2-41-31(40)28-7-6-8-29(28)36-20-30-37-19-27(22-38-17-4-3-5-18-38)39(30)21-23-9-11-24(12-10-23)25-13-15-26(16-14-25)32(33,34)35/h9-16,19,36H,2-8,17-18,20-22H2,1H3. The molecule has 0 bridgehead atoms. The molecule has 1 aromatic heterocycles. The molecule has 0 saturated carbocycles. The molecule has 2 aliphatic rings. The number of rotatable bonds is 10. The molecule has 0 amide bonds. The highest BCUT2D eigenvalue weighted by Gasteiger charge is 2.30. The Hall–Kier alpha value is -3.59. The number of ether oxygens (including phenoxy) is 1. The first-order valence-corrected chi connectivity index (χ1v) is 14.5. The monoisotopic (exact) mass is 566 g/mol. The third-order valence-electron chi connectivity index (χ3n) is 7.89. The maximum Gasteiger partial charge on any atom is 0.416 e. The van der Waals surface area contributed by atoms with E-state index in [9.17, 15) is 18.0 Å². The molecule has 1 N–H and O–H groups in total. The number of likely N-dealkylation sites (tertiary alicyclic amines) is 1. The normalized spacial score (nSPS) is 16.3. The van der Waals surface area contributed by atoms with Crippen molar-refractivity contribution in [3.05, 3.63) is 88.6 Å². The average molecular weight is 567 g/mol. The first-order chi connectivity index (χ1) is 19.8. The van der Waals surface area contributed by atoms with Gasteiger partial charge in [0.2, 0.25) is 0 Å². The third-order valence-corrected chi connectivity index (χ3v) is 7.89. The van der Waals surface area contributed by atoms with Gasteiger partial charge in [0.1, 0.15) is 5.82 Å². The van der Waals surface area contributed by atoms with Gasteiger partial charge in [-0.05, 0) is 80.9 Å². The number of allylic oxidation sites excluding steroid dienone is 1. The Balaban J connectivity index is 1.34. The number of hydrogen-bond acceptors (Lipinski definition) is 5. The van der Waals surface area contributed by atoms with E-state index in [4.69, 9.17) is 9.72 Å². The number of hydrogen-bond donors (Lipinski definition) is 1. The Bertz CT molecular complexity index is 1360. The molecule has 5 rings (SSSR count). The van der Waals surface area contributed by atoms with E-state index < -0.39 is 11.7 Å². The van der Waals surface area contributed by atoms with Gasteiger partial charge in [-0.25, -0.2) is 9.78 Å². The summed E-state index contributed by atoms with van der Waals surface area (Å²) in [6.45, 7) is 6.29. The predicted octanol–water partition coefficient (Wildman–Crippen LogP) is 6.69. The van der Waals surface area contributed by atoms with Gasteiger partial charge >= 0.3 is 12.1 Å². The lowest BCUT2D eigenvalue weighted by Gasteiger charge is -2.27. The first kappa shape index (κ1) is 28.9. The van der Waals surface area contributed by atoms with Gasteiger partial charge in [-0.15, -0.1) is 0 Å². The summed E-state index contributed by atoms with van der Waals surface area (Å²) >= 11 is 0. The zero-order chi connectivity index (χ0) is 28.8. The lowest BCUT2D eigenvalue weighted by atomic mass is 10.0. The van der Waals surface area contributed by atoms with Gasteiger partial charge in [-0.1, -0.05) is 42.8 Å². The van der Waals surface area contributed by atoms with Gasteiger partial charge < -0.3 is 14.6 Å². The van der Waals surface area contributed by atoms with Crippen LogP contribution in [0, 0.1) is 0 Å². The number of carbonyl (C=O) groups excluding carboxylic acids is 1. The molecule has 1 saturated heterocycles. The second-order valence-corrected chi connectivity index (χ2v) is 10.7. The van der Waals surface area contributed by atoms with Crippen LogP contribution in [0.1, 0.15) is 68.1 Å². The van der Waals surface area contributed by atoms with E-state index in [-0.39, 0.29) is 5.97 Å². The highest BCUT2D eigenvalue weighted by Crippen LogP contribution is 2.31. The van der Waals surface area contributed by atoms with E-state index in [0.717, 1.165) is 90.5 Å². The average Bonchev–Trinajstić information content (AvgIpc) is 3.60. The van der Waals surface area contributed by atoms with Crippen LogP contribution in [0.25, 0.3) is 11.1 Å². The van der Waals surface area contributed by atoms with Gasteiger partial charge in [-0.2, -0.15) is 13.2 Å². The maximum atomic E-state index is 13.0. The molecule has 1 fully saturated rings. The molecule has 1 aliphatic heterocycles. The van der Waals surface area contributed by atoms with E-state index in [0.29, 0.717) is 19.7 Å². The molecule has 0 radical (unpaired) electrons. The van der Waals surface area contributed by atoms with Crippen LogP contribution in [0.3, 0.4) is 0 Å². The number of piperidine rings is 1. The fourth-order valence-corrected chi connectivity index (χ4v) is 5.67. The minimum Gasteiger partial charge on any atom is -0.463 e. The summed E-state index contributed by atoms with van der Waals surface area (Å²) in [5, 5.41) is 3.48. The number of aromatic nitrogens is 2. The summed E-state index contributed by atoms with van der Waals surface area (Å²) in [7, 11) is 0. The fourth-order valence-electron chi connectivity index (χ4n) is 5.67.